The van der Waals surface area contributed by atoms with Crippen LogP contribution in [0.2, 0.25) is 5.02 Å². The maximum Gasteiger partial charge on any atom is 0.186 e. The van der Waals surface area contributed by atoms with E-state index in [4.69, 9.17) is 11.6 Å². The van der Waals surface area contributed by atoms with Gasteiger partial charge in [0.1, 0.15) is 10.4 Å². The van der Waals surface area contributed by atoms with Crippen molar-refractivity contribution in [1.82, 2.24) is 10.3 Å². The Morgan fingerprint density at radius 2 is 2.38 bits per heavy atom. The molecule has 1 saturated heterocycles. The third-order valence-corrected chi connectivity index (χ3v) is 5.48. The number of halogens is 3. The third-order valence-electron chi connectivity index (χ3n) is 3.52. The van der Waals surface area contributed by atoms with E-state index >= 15 is 0 Å². The molecule has 0 spiro atoms. The summed E-state index contributed by atoms with van der Waals surface area (Å²) in [4.78, 5) is 6.72. The summed E-state index contributed by atoms with van der Waals surface area (Å²) in [6.07, 6.45) is 1.07. The maximum atomic E-state index is 13.0. The molecule has 3 rings (SSSR count). The zero-order valence-electron chi connectivity index (χ0n) is 11.2. The molecule has 1 aromatic heterocycles. The summed E-state index contributed by atoms with van der Waals surface area (Å²) in [6.45, 7) is 2.58. The Hall–Kier alpha value is -0.690. The lowest BCUT2D eigenvalue weighted by molar-refractivity contribution is 0.550. The van der Waals surface area contributed by atoms with Crippen LogP contribution in [0.25, 0.3) is 0 Å². The molecule has 2 aromatic rings. The van der Waals surface area contributed by atoms with Gasteiger partial charge in [-0.3, -0.25) is 0 Å². The van der Waals surface area contributed by atoms with E-state index in [9.17, 15) is 4.39 Å². The topological polar surface area (TPSA) is 28.2 Å². The van der Waals surface area contributed by atoms with Crippen LogP contribution < -0.4 is 10.2 Å². The number of hydrogen-bond acceptors (Lipinski definition) is 4. The van der Waals surface area contributed by atoms with Crippen LogP contribution in [-0.2, 0) is 6.54 Å². The molecule has 0 aliphatic carbocycles. The molecule has 1 aliphatic heterocycles. The highest BCUT2D eigenvalue weighted by atomic mass is 79.9. The highest BCUT2D eigenvalue weighted by molar-refractivity contribution is 9.10. The van der Waals surface area contributed by atoms with Crippen LogP contribution in [0.15, 0.2) is 28.2 Å². The molecule has 0 saturated carbocycles. The number of benzene rings is 1. The predicted octanol–water partition coefficient (Wildman–Crippen LogP) is 4.07. The minimum absolute atomic E-state index is 0.301. The average molecular weight is 391 g/mol. The Morgan fingerprint density at radius 1 is 1.52 bits per heavy atom. The minimum atomic E-state index is -0.301. The minimum Gasteiger partial charge on any atom is -0.346 e. The maximum absolute atomic E-state index is 13.0. The van der Waals surface area contributed by atoms with E-state index in [1.54, 1.807) is 17.4 Å². The first-order chi connectivity index (χ1) is 10.1. The largest absolute Gasteiger partial charge is 0.346 e. The lowest BCUT2D eigenvalue weighted by atomic mass is 10.2. The average Bonchev–Trinajstić information content (AvgIpc) is 3.06. The van der Waals surface area contributed by atoms with Gasteiger partial charge in [0.25, 0.3) is 0 Å². The van der Waals surface area contributed by atoms with Crippen LogP contribution in [0.3, 0.4) is 0 Å². The van der Waals surface area contributed by atoms with Gasteiger partial charge in [-0.15, -0.1) is 11.3 Å². The van der Waals surface area contributed by atoms with Crippen molar-refractivity contribution in [2.75, 3.05) is 18.0 Å². The van der Waals surface area contributed by atoms with E-state index in [1.165, 1.54) is 12.1 Å². The first-order valence-corrected chi connectivity index (χ1v) is 8.70. The van der Waals surface area contributed by atoms with Crippen LogP contribution in [0.5, 0.6) is 0 Å². The molecule has 21 heavy (non-hydrogen) atoms. The number of rotatable bonds is 4. The fourth-order valence-corrected chi connectivity index (χ4v) is 3.93. The predicted molar refractivity (Wildman–Crippen MR) is 88.7 cm³/mol. The van der Waals surface area contributed by atoms with Crippen molar-refractivity contribution in [2.45, 2.75) is 19.0 Å². The monoisotopic (exact) mass is 389 g/mol. The SMILES string of the molecule is Fc1ccc(CN[C@H]2CCN(c3nc(Br)cs3)C2)c(Cl)c1. The molecule has 1 aromatic carbocycles. The molecule has 0 bridgehead atoms. The van der Waals surface area contributed by atoms with Gasteiger partial charge in [-0.2, -0.15) is 0 Å². The Labute approximate surface area is 140 Å². The van der Waals surface area contributed by atoms with Gasteiger partial charge in [0.2, 0.25) is 0 Å². The summed E-state index contributed by atoms with van der Waals surface area (Å²) < 4.78 is 13.9. The van der Waals surface area contributed by atoms with Gasteiger partial charge in [-0.25, -0.2) is 9.37 Å². The van der Waals surface area contributed by atoms with Crippen LogP contribution in [0.1, 0.15) is 12.0 Å². The van der Waals surface area contributed by atoms with Gasteiger partial charge in [0.05, 0.1) is 0 Å². The van der Waals surface area contributed by atoms with E-state index in [0.717, 1.165) is 34.8 Å². The van der Waals surface area contributed by atoms with Gasteiger partial charge >= 0.3 is 0 Å². The number of aromatic nitrogens is 1. The second-order valence-corrected chi connectivity index (χ2v) is 7.06. The first-order valence-electron chi connectivity index (χ1n) is 6.65. The molecular weight excluding hydrogens is 377 g/mol. The molecule has 0 radical (unpaired) electrons. The number of anilines is 1. The molecule has 1 N–H and O–H groups in total. The quantitative estimate of drug-likeness (QED) is 0.853. The van der Waals surface area contributed by atoms with Crippen molar-refractivity contribution < 1.29 is 4.39 Å². The van der Waals surface area contributed by atoms with Gasteiger partial charge in [0, 0.05) is 36.1 Å². The Kier molecular flexibility index (Phi) is 4.78. The lowest BCUT2D eigenvalue weighted by Crippen LogP contribution is -2.32. The first kappa shape index (κ1) is 15.2. The molecule has 7 heteroatoms. The number of nitrogens with one attached hydrogen (secondary N) is 1. The normalized spacial score (nSPS) is 18.4. The summed E-state index contributed by atoms with van der Waals surface area (Å²) in [5.74, 6) is -0.301. The van der Waals surface area contributed by atoms with Crippen LogP contribution >= 0.6 is 38.9 Å². The summed E-state index contributed by atoms with van der Waals surface area (Å²) >= 11 is 11.1. The lowest BCUT2D eigenvalue weighted by Gasteiger charge is -2.16. The van der Waals surface area contributed by atoms with Crippen molar-refractivity contribution in [3.8, 4) is 0 Å². The van der Waals surface area contributed by atoms with Gasteiger partial charge in [-0.05, 0) is 40.0 Å². The highest BCUT2D eigenvalue weighted by Crippen LogP contribution is 2.27. The molecule has 0 unspecified atom stereocenters. The van der Waals surface area contributed by atoms with Crippen LogP contribution in [-0.4, -0.2) is 24.1 Å². The van der Waals surface area contributed by atoms with E-state index in [-0.39, 0.29) is 5.82 Å². The highest BCUT2D eigenvalue weighted by Gasteiger charge is 2.24. The Morgan fingerprint density at radius 3 is 3.10 bits per heavy atom. The van der Waals surface area contributed by atoms with Crippen molar-refractivity contribution >= 4 is 44.0 Å². The standard InChI is InChI=1S/C14H14BrClFN3S/c15-13-8-21-14(19-13)20-4-3-11(7-20)18-6-9-1-2-10(17)5-12(9)16/h1-2,5,8,11,18H,3-4,6-7H2/t11-/m0/s1. The van der Waals surface area contributed by atoms with Crippen LogP contribution in [0.4, 0.5) is 9.52 Å². The summed E-state index contributed by atoms with van der Waals surface area (Å²) in [6, 6.07) is 4.92. The number of nitrogens with zero attached hydrogens (tertiary/aromatic N) is 2. The van der Waals surface area contributed by atoms with Crippen molar-refractivity contribution in [3.05, 3.63) is 44.6 Å². The van der Waals surface area contributed by atoms with Gasteiger partial charge in [-0.1, -0.05) is 17.7 Å². The smallest absolute Gasteiger partial charge is 0.186 e. The molecule has 1 fully saturated rings. The fraction of sp³-hybridized carbons (Fsp3) is 0.357. The molecule has 1 atom stereocenters. The number of thiazole rings is 1. The molecule has 112 valence electrons. The molecule has 1 aliphatic rings. The van der Waals surface area contributed by atoms with Gasteiger partial charge < -0.3 is 10.2 Å². The Balaban J connectivity index is 1.55. The van der Waals surface area contributed by atoms with E-state index < -0.39 is 0 Å². The molecule has 0 amide bonds. The summed E-state index contributed by atoms with van der Waals surface area (Å²) in [5.41, 5.74) is 0.925. The fourth-order valence-electron chi connectivity index (χ4n) is 2.41. The zero-order valence-corrected chi connectivity index (χ0v) is 14.3. The third kappa shape index (κ3) is 3.74. The second kappa shape index (κ2) is 6.60. The van der Waals surface area contributed by atoms with Crippen molar-refractivity contribution in [3.63, 3.8) is 0 Å². The molecule has 3 nitrogen and oxygen atoms in total. The summed E-state index contributed by atoms with van der Waals surface area (Å²) in [7, 11) is 0. The molecule has 2 heterocycles. The Bertz CT molecular complexity index is 636. The number of hydrogen-bond donors (Lipinski definition) is 1. The van der Waals surface area contributed by atoms with Crippen LogP contribution in [0, 0.1) is 5.82 Å². The summed E-state index contributed by atoms with van der Waals surface area (Å²) in [5, 5.41) is 7.00. The van der Waals surface area contributed by atoms with E-state index in [0.29, 0.717) is 17.6 Å². The van der Waals surface area contributed by atoms with Crippen molar-refractivity contribution in [1.29, 1.82) is 0 Å². The second-order valence-electron chi connectivity index (χ2n) is 5.00. The van der Waals surface area contributed by atoms with E-state index in [1.807, 2.05) is 5.38 Å². The zero-order chi connectivity index (χ0) is 14.8. The van der Waals surface area contributed by atoms with Crippen molar-refractivity contribution in [2.24, 2.45) is 0 Å². The van der Waals surface area contributed by atoms with E-state index in [2.05, 4.69) is 31.1 Å². The molecular formula is C14H14BrClFN3S. The van der Waals surface area contributed by atoms with Gasteiger partial charge in [0.15, 0.2) is 5.13 Å².